The molecule has 0 aromatic carbocycles. The van der Waals surface area contributed by atoms with Gasteiger partial charge in [-0.15, -0.1) is 0 Å². The third kappa shape index (κ3) is 1.35. The molecule has 0 bridgehead atoms. The lowest BCUT2D eigenvalue weighted by atomic mass is 10.2. The van der Waals surface area contributed by atoms with Crippen LogP contribution < -0.4 is 0 Å². The van der Waals surface area contributed by atoms with Crippen molar-refractivity contribution in [2.45, 2.75) is 26.0 Å². The van der Waals surface area contributed by atoms with Crippen LogP contribution >= 0.6 is 11.8 Å². The van der Waals surface area contributed by atoms with Crippen LogP contribution in [-0.4, -0.2) is 20.1 Å². The standard InChI is InChI=1S/C11H13N3S/c1-7-5-8(2)14-10-6-15-4-3-9(10)13-11(14)12-7/h5H,3-4,6H2,1-2H3. The van der Waals surface area contributed by atoms with Gasteiger partial charge in [0.15, 0.2) is 0 Å². The lowest BCUT2D eigenvalue weighted by Crippen LogP contribution is -2.05. The van der Waals surface area contributed by atoms with Gasteiger partial charge in [0.05, 0.1) is 11.4 Å². The minimum absolute atomic E-state index is 0.875. The molecule has 1 aliphatic rings. The number of hydrogen-bond acceptors (Lipinski definition) is 3. The van der Waals surface area contributed by atoms with E-state index in [1.165, 1.54) is 22.8 Å². The number of aromatic nitrogens is 3. The van der Waals surface area contributed by atoms with Gasteiger partial charge in [-0.1, -0.05) is 0 Å². The third-order valence-electron chi connectivity index (χ3n) is 2.81. The third-order valence-corrected chi connectivity index (χ3v) is 3.78. The molecule has 0 amide bonds. The number of aryl methyl sites for hydroxylation is 3. The Morgan fingerprint density at radius 1 is 1.33 bits per heavy atom. The lowest BCUT2D eigenvalue weighted by Gasteiger charge is -2.11. The summed E-state index contributed by atoms with van der Waals surface area (Å²) in [5.74, 6) is 3.14. The first-order valence-corrected chi connectivity index (χ1v) is 6.33. The average Bonchev–Trinajstić information content (AvgIpc) is 2.54. The van der Waals surface area contributed by atoms with E-state index in [0.717, 1.165) is 23.6 Å². The zero-order chi connectivity index (χ0) is 10.4. The second kappa shape index (κ2) is 3.23. The highest BCUT2D eigenvalue weighted by Gasteiger charge is 2.18. The second-order valence-electron chi connectivity index (χ2n) is 3.98. The van der Waals surface area contributed by atoms with Crippen molar-refractivity contribution in [3.05, 3.63) is 28.8 Å². The molecule has 0 saturated carbocycles. The number of fused-ring (bicyclic) bond motifs is 3. The Kier molecular flexibility index (Phi) is 1.99. The fraction of sp³-hybridized carbons (Fsp3) is 0.455. The Bertz CT molecular complexity index is 530. The molecule has 0 radical (unpaired) electrons. The van der Waals surface area contributed by atoms with Crippen molar-refractivity contribution in [2.75, 3.05) is 5.75 Å². The molecule has 2 aromatic rings. The summed E-state index contributed by atoms with van der Waals surface area (Å²) >= 11 is 1.98. The van der Waals surface area contributed by atoms with Gasteiger partial charge in [0.25, 0.3) is 0 Å². The Labute approximate surface area is 92.9 Å². The normalized spacial score (nSPS) is 15.6. The second-order valence-corrected chi connectivity index (χ2v) is 5.09. The van der Waals surface area contributed by atoms with Crippen LogP contribution in [0.15, 0.2) is 6.07 Å². The highest BCUT2D eigenvalue weighted by molar-refractivity contribution is 7.98. The van der Waals surface area contributed by atoms with Gasteiger partial charge in [-0.3, -0.25) is 4.40 Å². The molecule has 78 valence electrons. The Morgan fingerprint density at radius 2 is 2.20 bits per heavy atom. The van der Waals surface area contributed by atoms with Crippen molar-refractivity contribution in [1.29, 1.82) is 0 Å². The van der Waals surface area contributed by atoms with E-state index in [-0.39, 0.29) is 0 Å². The maximum Gasteiger partial charge on any atom is 0.234 e. The minimum atomic E-state index is 0.875. The molecule has 0 N–H and O–H groups in total. The first-order chi connectivity index (χ1) is 7.25. The molecule has 0 fully saturated rings. The van der Waals surface area contributed by atoms with Crippen LogP contribution in [0.5, 0.6) is 0 Å². The number of thioether (sulfide) groups is 1. The van der Waals surface area contributed by atoms with E-state index < -0.39 is 0 Å². The summed E-state index contributed by atoms with van der Waals surface area (Å²) in [4.78, 5) is 9.10. The molecule has 2 aromatic heterocycles. The molecule has 15 heavy (non-hydrogen) atoms. The van der Waals surface area contributed by atoms with Crippen molar-refractivity contribution in [3.63, 3.8) is 0 Å². The van der Waals surface area contributed by atoms with Gasteiger partial charge in [-0.25, -0.2) is 9.97 Å². The first kappa shape index (κ1) is 9.21. The van der Waals surface area contributed by atoms with Crippen LogP contribution in [0.1, 0.15) is 22.8 Å². The van der Waals surface area contributed by atoms with E-state index in [0.29, 0.717) is 0 Å². The van der Waals surface area contributed by atoms with Gasteiger partial charge < -0.3 is 0 Å². The molecule has 3 nitrogen and oxygen atoms in total. The maximum atomic E-state index is 4.61. The molecule has 1 aliphatic heterocycles. The van der Waals surface area contributed by atoms with Gasteiger partial charge in [0, 0.05) is 23.6 Å². The highest BCUT2D eigenvalue weighted by atomic mass is 32.2. The molecule has 3 rings (SSSR count). The fourth-order valence-corrected chi connectivity index (χ4v) is 3.14. The Balaban J connectivity index is 2.37. The van der Waals surface area contributed by atoms with Gasteiger partial charge in [-0.2, -0.15) is 11.8 Å². The summed E-state index contributed by atoms with van der Waals surface area (Å²) in [7, 11) is 0. The number of imidazole rings is 1. The van der Waals surface area contributed by atoms with Gasteiger partial charge in [-0.05, 0) is 25.7 Å². The van der Waals surface area contributed by atoms with Gasteiger partial charge in [0.2, 0.25) is 5.78 Å². The van der Waals surface area contributed by atoms with Crippen molar-refractivity contribution in [1.82, 2.24) is 14.4 Å². The average molecular weight is 219 g/mol. The number of rotatable bonds is 0. The van der Waals surface area contributed by atoms with Crippen LogP contribution in [-0.2, 0) is 12.2 Å². The molecule has 0 unspecified atom stereocenters. The van der Waals surface area contributed by atoms with Gasteiger partial charge in [0.1, 0.15) is 0 Å². The molecular formula is C11H13N3S. The van der Waals surface area contributed by atoms with E-state index in [4.69, 9.17) is 0 Å². The van der Waals surface area contributed by atoms with Crippen LogP contribution in [0.2, 0.25) is 0 Å². The molecular weight excluding hydrogens is 206 g/mol. The van der Waals surface area contributed by atoms with Crippen molar-refractivity contribution < 1.29 is 0 Å². The first-order valence-electron chi connectivity index (χ1n) is 5.18. The molecule has 3 heterocycles. The summed E-state index contributed by atoms with van der Waals surface area (Å²) in [6.45, 7) is 4.15. The molecule has 4 heteroatoms. The van der Waals surface area contributed by atoms with Crippen molar-refractivity contribution in [3.8, 4) is 0 Å². The molecule has 0 spiro atoms. The zero-order valence-corrected chi connectivity index (χ0v) is 9.77. The molecule has 0 aliphatic carbocycles. The largest absolute Gasteiger partial charge is 0.284 e. The predicted octanol–water partition coefficient (Wildman–Crippen LogP) is 2.14. The van der Waals surface area contributed by atoms with Crippen LogP contribution in [0, 0.1) is 13.8 Å². The quantitative estimate of drug-likeness (QED) is 0.680. The number of hydrogen-bond donors (Lipinski definition) is 0. The monoisotopic (exact) mass is 219 g/mol. The summed E-state index contributed by atoms with van der Waals surface area (Å²) in [5.41, 5.74) is 4.89. The zero-order valence-electron chi connectivity index (χ0n) is 8.95. The molecule has 0 saturated heterocycles. The summed E-state index contributed by atoms with van der Waals surface area (Å²) < 4.78 is 2.20. The molecule has 0 atom stereocenters. The van der Waals surface area contributed by atoms with Crippen LogP contribution in [0.25, 0.3) is 5.78 Å². The smallest absolute Gasteiger partial charge is 0.234 e. The highest BCUT2D eigenvalue weighted by Crippen LogP contribution is 2.25. The summed E-state index contributed by atoms with van der Waals surface area (Å²) in [5, 5.41) is 0. The van der Waals surface area contributed by atoms with E-state index in [9.17, 15) is 0 Å². The number of nitrogens with zero attached hydrogens (tertiary/aromatic N) is 3. The van der Waals surface area contributed by atoms with Crippen LogP contribution in [0.4, 0.5) is 0 Å². The van der Waals surface area contributed by atoms with E-state index in [2.05, 4.69) is 27.4 Å². The maximum absolute atomic E-state index is 4.61. The van der Waals surface area contributed by atoms with E-state index >= 15 is 0 Å². The minimum Gasteiger partial charge on any atom is -0.284 e. The van der Waals surface area contributed by atoms with Crippen molar-refractivity contribution in [2.24, 2.45) is 0 Å². The summed E-state index contributed by atoms with van der Waals surface area (Å²) in [6, 6.07) is 2.12. The van der Waals surface area contributed by atoms with Gasteiger partial charge >= 0.3 is 0 Å². The lowest BCUT2D eigenvalue weighted by molar-refractivity contribution is 0.951. The fourth-order valence-electron chi connectivity index (χ4n) is 2.17. The predicted molar refractivity (Wildman–Crippen MR) is 62.3 cm³/mol. The van der Waals surface area contributed by atoms with Crippen molar-refractivity contribution >= 4 is 17.5 Å². The summed E-state index contributed by atoms with van der Waals surface area (Å²) in [6.07, 6.45) is 1.09. The Hall–Kier alpha value is -1.03. The van der Waals surface area contributed by atoms with E-state index in [1.54, 1.807) is 0 Å². The topological polar surface area (TPSA) is 30.2 Å². The van der Waals surface area contributed by atoms with E-state index in [1.807, 2.05) is 18.7 Å². The Morgan fingerprint density at radius 3 is 3.07 bits per heavy atom. The van der Waals surface area contributed by atoms with Crippen LogP contribution in [0.3, 0.4) is 0 Å². The SMILES string of the molecule is Cc1cc(C)n2c3c(nc2n1)CCSC3.